The van der Waals surface area contributed by atoms with Crippen LogP contribution in [0.2, 0.25) is 5.02 Å². The molecule has 4 rings (SSSR count). The maximum Gasteiger partial charge on any atom is 0.222 e. The summed E-state index contributed by atoms with van der Waals surface area (Å²) in [5, 5.41) is 38.4. The van der Waals surface area contributed by atoms with Gasteiger partial charge in [0.15, 0.2) is 0 Å². The molecule has 1 aliphatic rings. The van der Waals surface area contributed by atoms with Crippen LogP contribution in [-0.2, 0) is 17.9 Å². The van der Waals surface area contributed by atoms with Gasteiger partial charge in [-0.2, -0.15) is 0 Å². The second-order valence-corrected chi connectivity index (χ2v) is 11.1. The molecule has 0 aromatic heterocycles. The summed E-state index contributed by atoms with van der Waals surface area (Å²) in [5.41, 5.74) is 8.65. The molecule has 3 aromatic rings. The molecule has 11 nitrogen and oxygen atoms in total. The van der Waals surface area contributed by atoms with Gasteiger partial charge in [0.25, 0.3) is 0 Å². The molecule has 3 aromatic carbocycles. The zero-order valence-corrected chi connectivity index (χ0v) is 27.0. The Balaban J connectivity index is 1.39. The molecule has 0 bridgehead atoms. The van der Waals surface area contributed by atoms with Crippen molar-refractivity contribution in [1.82, 2.24) is 4.90 Å². The lowest BCUT2D eigenvalue weighted by Gasteiger charge is -2.20. The molecule has 6 N–H and O–H groups in total. The first kappa shape index (κ1) is 36.1. The molecule has 0 aliphatic heterocycles. The van der Waals surface area contributed by atoms with Crippen molar-refractivity contribution in [3.63, 3.8) is 0 Å². The van der Waals surface area contributed by atoms with Crippen molar-refractivity contribution in [2.24, 2.45) is 10.9 Å². The highest BCUT2D eigenvalue weighted by Gasteiger charge is 2.16. The number of nitrogens with two attached hydrogens (primary N) is 1. The number of halogens is 2. The van der Waals surface area contributed by atoms with Crippen molar-refractivity contribution in [3.05, 3.63) is 100 Å². The third kappa shape index (κ3) is 9.64. The second kappa shape index (κ2) is 18.0. The van der Waals surface area contributed by atoms with Gasteiger partial charge >= 0.3 is 0 Å². The number of carbonyl (C=O) groups excluding carboxylic acids is 1. The number of hydrogen-bond donors (Lipinski definition) is 5. The van der Waals surface area contributed by atoms with Gasteiger partial charge in [-0.05, 0) is 47.9 Å². The van der Waals surface area contributed by atoms with Gasteiger partial charge in [0, 0.05) is 48.8 Å². The number of amides is 1. The van der Waals surface area contributed by atoms with Crippen LogP contribution in [0.3, 0.4) is 0 Å². The Kier molecular flexibility index (Phi) is 13.5. The fraction of sp³-hybridized carbons (Fsp3) is 0.286. The van der Waals surface area contributed by atoms with Crippen molar-refractivity contribution in [2.45, 2.75) is 26.0 Å². The van der Waals surface area contributed by atoms with Gasteiger partial charge in [-0.1, -0.05) is 53.2 Å². The Labute approximate surface area is 282 Å². The highest BCUT2D eigenvalue weighted by atomic mass is 35.5. The Morgan fingerprint density at radius 2 is 1.71 bits per heavy atom. The number of carbonyl (C=O) groups is 1. The molecule has 0 atom stereocenters. The monoisotopic (exact) mass is 680 g/mol. The van der Waals surface area contributed by atoms with E-state index in [2.05, 4.69) is 5.16 Å². The SMILES string of the molecule is N=C1C=C(COc2cc(OCc3cccc(-c4cccc(OCCCC(=O)N(CCO)CCO)c4)c3F)c(Cl)cc2CN)C=C/C1=N/O. The predicted octanol–water partition coefficient (Wildman–Crippen LogP) is 4.88. The quantitative estimate of drug-likeness (QED) is 0.0581. The average molecular weight is 681 g/mol. The number of ether oxygens (including phenoxy) is 3. The van der Waals surface area contributed by atoms with E-state index in [0.717, 1.165) is 0 Å². The first-order valence-corrected chi connectivity index (χ1v) is 15.6. The fourth-order valence-electron chi connectivity index (χ4n) is 4.90. The van der Waals surface area contributed by atoms with Crippen LogP contribution in [0.1, 0.15) is 24.0 Å². The second-order valence-electron chi connectivity index (χ2n) is 10.7. The van der Waals surface area contributed by atoms with Gasteiger partial charge in [0.2, 0.25) is 5.91 Å². The van der Waals surface area contributed by atoms with Crippen molar-refractivity contribution < 1.29 is 38.8 Å². The lowest BCUT2D eigenvalue weighted by atomic mass is 10.0. The molecular formula is C35H38ClFN4O7. The summed E-state index contributed by atoms with van der Waals surface area (Å²) < 4.78 is 33.5. The van der Waals surface area contributed by atoms with Crippen molar-refractivity contribution in [3.8, 4) is 28.4 Å². The third-order valence-electron chi connectivity index (χ3n) is 7.40. The van der Waals surface area contributed by atoms with Crippen LogP contribution in [0.15, 0.2) is 83.6 Å². The van der Waals surface area contributed by atoms with E-state index in [-0.39, 0.29) is 87.2 Å². The Hall–Kier alpha value is -4.75. The number of allylic oxidation sites excluding steroid dienone is 2. The van der Waals surface area contributed by atoms with E-state index in [0.29, 0.717) is 45.7 Å². The number of rotatable bonds is 17. The summed E-state index contributed by atoms with van der Waals surface area (Å²) in [5.74, 6) is 0.559. The molecule has 0 saturated carbocycles. The van der Waals surface area contributed by atoms with Crippen molar-refractivity contribution in [1.29, 1.82) is 5.41 Å². The van der Waals surface area contributed by atoms with Gasteiger partial charge in [-0.25, -0.2) is 4.39 Å². The topological polar surface area (TPSA) is 171 Å². The maximum atomic E-state index is 15.8. The molecule has 13 heteroatoms. The highest BCUT2D eigenvalue weighted by Crippen LogP contribution is 2.35. The molecule has 1 amide bonds. The van der Waals surface area contributed by atoms with Crippen LogP contribution in [-0.4, -0.2) is 77.2 Å². The third-order valence-corrected chi connectivity index (χ3v) is 7.70. The molecule has 0 fully saturated rings. The highest BCUT2D eigenvalue weighted by molar-refractivity contribution is 6.50. The summed E-state index contributed by atoms with van der Waals surface area (Å²) in [4.78, 5) is 13.7. The average Bonchev–Trinajstić information content (AvgIpc) is 3.09. The smallest absolute Gasteiger partial charge is 0.222 e. The van der Waals surface area contributed by atoms with Crippen molar-refractivity contribution >= 4 is 28.9 Å². The number of aliphatic hydroxyl groups is 2. The van der Waals surface area contributed by atoms with E-state index in [9.17, 15) is 4.79 Å². The number of nitrogens with zero attached hydrogens (tertiary/aromatic N) is 2. The number of oxime groups is 1. The van der Waals surface area contributed by atoms with Gasteiger partial charge in [0.05, 0.1) is 30.6 Å². The number of nitrogens with one attached hydrogen (secondary N) is 1. The Bertz CT molecular complexity index is 1690. The van der Waals surface area contributed by atoms with E-state index < -0.39 is 5.82 Å². The minimum Gasteiger partial charge on any atom is -0.494 e. The number of benzene rings is 3. The van der Waals surface area contributed by atoms with Gasteiger partial charge in [-0.15, -0.1) is 0 Å². The molecule has 0 spiro atoms. The molecule has 0 unspecified atom stereocenters. The number of aliphatic hydroxyl groups excluding tert-OH is 2. The first-order chi connectivity index (χ1) is 23.3. The van der Waals surface area contributed by atoms with Gasteiger partial charge in [0.1, 0.15) is 42.0 Å². The van der Waals surface area contributed by atoms with Crippen LogP contribution < -0.4 is 19.9 Å². The van der Waals surface area contributed by atoms with E-state index in [1.165, 1.54) is 17.1 Å². The summed E-state index contributed by atoms with van der Waals surface area (Å²) in [7, 11) is 0. The Morgan fingerprint density at radius 3 is 2.42 bits per heavy atom. The lowest BCUT2D eigenvalue weighted by molar-refractivity contribution is -0.132. The largest absolute Gasteiger partial charge is 0.494 e. The fourth-order valence-corrected chi connectivity index (χ4v) is 5.14. The van der Waals surface area contributed by atoms with E-state index in [1.54, 1.807) is 60.7 Å². The molecule has 48 heavy (non-hydrogen) atoms. The van der Waals surface area contributed by atoms with E-state index in [4.69, 9.17) is 52.4 Å². The summed E-state index contributed by atoms with van der Waals surface area (Å²) in [6.45, 7) is 0.351. The lowest BCUT2D eigenvalue weighted by Crippen LogP contribution is -2.35. The van der Waals surface area contributed by atoms with Gasteiger partial charge in [-0.3, -0.25) is 10.2 Å². The number of hydrogen-bond acceptors (Lipinski definition) is 10. The van der Waals surface area contributed by atoms with Crippen molar-refractivity contribution in [2.75, 3.05) is 39.5 Å². The van der Waals surface area contributed by atoms with Crippen LogP contribution in [0, 0.1) is 11.2 Å². The molecule has 254 valence electrons. The molecular weight excluding hydrogens is 643 g/mol. The Morgan fingerprint density at radius 1 is 0.958 bits per heavy atom. The van der Waals surface area contributed by atoms with E-state index >= 15 is 4.39 Å². The predicted molar refractivity (Wildman–Crippen MR) is 181 cm³/mol. The zero-order chi connectivity index (χ0) is 34.5. The summed E-state index contributed by atoms with van der Waals surface area (Å²) in [6.07, 6.45) is 5.35. The minimum atomic E-state index is -0.469. The van der Waals surface area contributed by atoms with Gasteiger partial charge < -0.3 is 40.3 Å². The normalized spacial score (nSPS) is 13.4. The van der Waals surface area contributed by atoms with Crippen LogP contribution in [0.5, 0.6) is 17.2 Å². The molecule has 1 aliphatic carbocycles. The van der Waals surface area contributed by atoms with Crippen LogP contribution in [0.25, 0.3) is 11.1 Å². The molecule has 0 radical (unpaired) electrons. The van der Waals surface area contributed by atoms with Crippen LogP contribution >= 0.6 is 11.6 Å². The molecule has 0 saturated heterocycles. The first-order valence-electron chi connectivity index (χ1n) is 15.3. The van der Waals surface area contributed by atoms with E-state index in [1.807, 2.05) is 0 Å². The summed E-state index contributed by atoms with van der Waals surface area (Å²) in [6, 6.07) is 15.2. The standard InChI is InChI=1S/C35H38ClFN4O7/c36-29-18-26(20-38)32(47-21-23-9-10-31(40-45)30(39)16-23)19-33(29)48-22-25-5-2-7-28(35(25)37)24-4-1-6-27(17-24)46-15-3-8-34(44)41(11-13-42)12-14-43/h1-2,4-7,9-10,16-19,39,42-43,45H,3,8,11-15,20-22,38H2/b39-30?,40-31-. The molecule has 0 heterocycles. The van der Waals surface area contributed by atoms with Crippen LogP contribution in [0.4, 0.5) is 4.39 Å². The zero-order valence-electron chi connectivity index (χ0n) is 26.2. The minimum absolute atomic E-state index is 0.0484. The summed E-state index contributed by atoms with van der Waals surface area (Å²) >= 11 is 6.47. The maximum absolute atomic E-state index is 15.8.